The molecule has 0 aliphatic rings. The van der Waals surface area contributed by atoms with Crippen LogP contribution in [0, 0.1) is 10.1 Å². The maximum absolute atomic E-state index is 12.7. The van der Waals surface area contributed by atoms with Crippen LogP contribution in [0.15, 0.2) is 36.4 Å². The predicted molar refractivity (Wildman–Crippen MR) is 99.1 cm³/mol. The van der Waals surface area contributed by atoms with Crippen LogP contribution in [0.4, 0.5) is 18.9 Å². The zero-order chi connectivity index (χ0) is 24.5. The van der Waals surface area contributed by atoms with Crippen LogP contribution >= 0.6 is 19.2 Å². The summed E-state index contributed by atoms with van der Waals surface area (Å²) in [6.07, 6.45) is -6.41. The summed E-state index contributed by atoms with van der Waals surface area (Å²) < 4.78 is 58.4. The van der Waals surface area contributed by atoms with Crippen molar-refractivity contribution >= 4 is 30.9 Å². The molecule has 11 nitrogen and oxygen atoms in total. The summed E-state index contributed by atoms with van der Waals surface area (Å²) in [6.45, 7) is 0. The number of rotatable bonds is 7. The van der Waals surface area contributed by atoms with Crippen LogP contribution < -0.4 is 4.74 Å². The van der Waals surface area contributed by atoms with E-state index >= 15 is 0 Å². The molecule has 4 N–H and O–H groups in total. The van der Waals surface area contributed by atoms with Crippen molar-refractivity contribution in [1.29, 1.82) is 0 Å². The Morgan fingerprint density at radius 1 is 1.16 bits per heavy atom. The molecule has 0 unspecified atom stereocenters. The fraction of sp³-hybridized carbons (Fsp3) is 0.188. The summed E-state index contributed by atoms with van der Waals surface area (Å²) in [4.78, 5) is 39.8. The second kappa shape index (κ2) is 9.02. The Morgan fingerprint density at radius 3 is 2.28 bits per heavy atom. The van der Waals surface area contributed by atoms with E-state index < -0.39 is 58.6 Å². The summed E-state index contributed by atoms with van der Waals surface area (Å²) in [6, 6.07) is 4.45. The van der Waals surface area contributed by atoms with Gasteiger partial charge >= 0.3 is 25.7 Å². The zero-order valence-corrected chi connectivity index (χ0v) is 17.0. The minimum Gasteiger partial charge on any atom is -0.456 e. The van der Waals surface area contributed by atoms with Crippen LogP contribution in [0.25, 0.3) is 0 Å². The SMILES string of the molecule is O=C(OC(O)(O)CP(=O)(O)O)c1cc(Oc2ccc(C(F)(F)F)cc2Cl)ccc1[N+](=O)[O-]. The third kappa shape index (κ3) is 6.88. The van der Waals surface area contributed by atoms with Crippen LogP contribution in [0.2, 0.25) is 5.02 Å². The number of ether oxygens (including phenoxy) is 2. The van der Waals surface area contributed by atoms with E-state index in [9.17, 15) is 42.9 Å². The van der Waals surface area contributed by atoms with Gasteiger partial charge in [0.15, 0.2) is 0 Å². The lowest BCUT2D eigenvalue weighted by Crippen LogP contribution is -2.38. The third-order valence-electron chi connectivity index (χ3n) is 3.54. The lowest BCUT2D eigenvalue weighted by atomic mass is 10.1. The van der Waals surface area contributed by atoms with E-state index in [-0.39, 0.29) is 11.5 Å². The highest BCUT2D eigenvalue weighted by atomic mass is 35.5. The maximum atomic E-state index is 12.7. The minimum atomic E-state index is -5.07. The molecule has 0 saturated carbocycles. The van der Waals surface area contributed by atoms with E-state index in [1.54, 1.807) is 0 Å². The van der Waals surface area contributed by atoms with Crippen molar-refractivity contribution in [2.24, 2.45) is 0 Å². The van der Waals surface area contributed by atoms with Crippen molar-refractivity contribution in [2.45, 2.75) is 12.1 Å². The van der Waals surface area contributed by atoms with Gasteiger partial charge in [-0.2, -0.15) is 13.2 Å². The molecule has 0 bridgehead atoms. The maximum Gasteiger partial charge on any atom is 0.416 e. The van der Waals surface area contributed by atoms with Gasteiger partial charge in [0, 0.05) is 12.1 Å². The molecule has 0 aliphatic carbocycles. The number of nitro benzene ring substituents is 1. The van der Waals surface area contributed by atoms with Crippen molar-refractivity contribution in [3.63, 3.8) is 0 Å². The second-order valence-corrected chi connectivity index (χ2v) is 8.19. The Kier molecular flexibility index (Phi) is 7.19. The van der Waals surface area contributed by atoms with Gasteiger partial charge in [0.05, 0.1) is 15.5 Å². The van der Waals surface area contributed by atoms with Crippen LogP contribution in [0.1, 0.15) is 15.9 Å². The lowest BCUT2D eigenvalue weighted by molar-refractivity contribution is -0.385. The highest BCUT2D eigenvalue weighted by molar-refractivity contribution is 7.51. The fourth-order valence-corrected chi connectivity index (χ4v) is 3.11. The molecule has 2 rings (SSSR count). The molecule has 0 heterocycles. The largest absolute Gasteiger partial charge is 0.456 e. The number of carbonyl (C=O) groups is 1. The molecule has 0 radical (unpaired) electrons. The van der Waals surface area contributed by atoms with Crippen molar-refractivity contribution in [2.75, 3.05) is 6.16 Å². The Labute approximate surface area is 180 Å². The first-order valence-corrected chi connectivity index (χ1v) is 10.2. The van der Waals surface area contributed by atoms with Crippen molar-refractivity contribution < 1.29 is 56.9 Å². The standard InChI is InChI=1S/C16H12ClF3NO10P/c17-11-5-8(16(18,19)20)1-4-13(11)30-9-2-3-12(21(25)26)10(6-9)14(22)31-15(23,24)7-32(27,28)29/h1-6,23-24H,7H2,(H2,27,28,29). The molecule has 0 aliphatic heterocycles. The normalized spacial score (nSPS) is 12.4. The lowest BCUT2D eigenvalue weighted by Gasteiger charge is -2.21. The van der Waals surface area contributed by atoms with Gasteiger partial charge in [-0.05, 0) is 24.3 Å². The second-order valence-electron chi connectivity index (χ2n) is 6.14. The summed E-state index contributed by atoms with van der Waals surface area (Å²) in [5.41, 5.74) is -2.91. The van der Waals surface area contributed by atoms with Gasteiger partial charge in [0.25, 0.3) is 5.69 Å². The first-order valence-electron chi connectivity index (χ1n) is 8.04. The summed E-state index contributed by atoms with van der Waals surface area (Å²) >= 11 is 5.75. The highest BCUT2D eigenvalue weighted by Gasteiger charge is 2.39. The van der Waals surface area contributed by atoms with E-state index in [1.807, 2.05) is 0 Å². The van der Waals surface area contributed by atoms with E-state index in [0.717, 1.165) is 18.2 Å². The quantitative estimate of drug-likeness (QED) is 0.145. The molecule has 0 fully saturated rings. The predicted octanol–water partition coefficient (Wildman–Crippen LogP) is 3.03. The summed E-state index contributed by atoms with van der Waals surface area (Å²) in [5, 5.41) is 29.6. The molecule has 0 amide bonds. The first kappa shape index (κ1) is 25.5. The van der Waals surface area contributed by atoms with Crippen molar-refractivity contribution in [1.82, 2.24) is 0 Å². The smallest absolute Gasteiger partial charge is 0.416 e. The number of aliphatic hydroxyl groups is 2. The average molecular weight is 502 g/mol. The molecule has 0 aromatic heterocycles. The Bertz CT molecular complexity index is 1100. The van der Waals surface area contributed by atoms with E-state index in [1.165, 1.54) is 0 Å². The summed E-state index contributed by atoms with van der Waals surface area (Å²) in [5.74, 6) is -6.09. The van der Waals surface area contributed by atoms with Gasteiger partial charge in [0.1, 0.15) is 23.2 Å². The molecule has 174 valence electrons. The number of hydrogen-bond acceptors (Lipinski definition) is 8. The monoisotopic (exact) mass is 501 g/mol. The van der Waals surface area contributed by atoms with Gasteiger partial charge in [0.2, 0.25) is 0 Å². The third-order valence-corrected chi connectivity index (χ3v) is 4.66. The molecular formula is C16H12ClF3NO10P. The number of esters is 1. The number of nitrogens with zero attached hydrogens (tertiary/aromatic N) is 1. The topological polar surface area (TPSA) is 177 Å². The average Bonchev–Trinajstić information content (AvgIpc) is 2.59. The Hall–Kier alpha value is -2.74. The molecule has 0 spiro atoms. The Morgan fingerprint density at radius 2 is 1.78 bits per heavy atom. The van der Waals surface area contributed by atoms with Gasteiger partial charge in [-0.1, -0.05) is 11.6 Å². The number of hydrogen-bond donors (Lipinski definition) is 4. The molecular weight excluding hydrogens is 490 g/mol. The van der Waals surface area contributed by atoms with Gasteiger partial charge in [-0.25, -0.2) is 4.79 Å². The highest BCUT2D eigenvalue weighted by Crippen LogP contribution is 2.39. The van der Waals surface area contributed by atoms with Crippen LogP contribution in [0.5, 0.6) is 11.5 Å². The summed E-state index contributed by atoms with van der Waals surface area (Å²) in [7, 11) is -5.07. The Balaban J connectivity index is 2.37. The van der Waals surface area contributed by atoms with Gasteiger partial charge in [-0.3, -0.25) is 14.7 Å². The van der Waals surface area contributed by atoms with Crippen molar-refractivity contribution in [3.8, 4) is 11.5 Å². The van der Waals surface area contributed by atoms with Gasteiger partial charge in [-0.15, -0.1) is 0 Å². The molecule has 0 saturated heterocycles. The van der Waals surface area contributed by atoms with Gasteiger partial charge < -0.3 is 29.5 Å². The fourth-order valence-electron chi connectivity index (χ4n) is 2.29. The van der Waals surface area contributed by atoms with E-state index in [4.69, 9.17) is 26.1 Å². The van der Waals surface area contributed by atoms with Crippen LogP contribution in [-0.2, 0) is 15.5 Å². The molecule has 0 atom stereocenters. The molecule has 32 heavy (non-hydrogen) atoms. The first-order chi connectivity index (χ1) is 14.5. The molecule has 2 aromatic carbocycles. The van der Waals surface area contributed by atoms with E-state index in [0.29, 0.717) is 18.2 Å². The van der Waals surface area contributed by atoms with Crippen molar-refractivity contribution in [3.05, 3.63) is 62.7 Å². The van der Waals surface area contributed by atoms with Crippen LogP contribution in [-0.4, -0.2) is 43.0 Å². The minimum absolute atomic E-state index is 0.312. The molecule has 16 heteroatoms. The zero-order valence-electron chi connectivity index (χ0n) is 15.3. The number of halogens is 4. The van der Waals surface area contributed by atoms with E-state index in [2.05, 4.69) is 4.74 Å². The molecule has 2 aromatic rings. The number of carbonyl (C=O) groups excluding carboxylic acids is 1. The van der Waals surface area contributed by atoms with Crippen LogP contribution in [0.3, 0.4) is 0 Å². The number of benzene rings is 2. The number of nitro groups is 1. The number of alkyl halides is 3.